The molecule has 8 rings (SSSR count). The number of carbonyl (C=O) groups is 2. The molecule has 2 amide bonds. The molecule has 0 bridgehead atoms. The smallest absolute Gasteiger partial charge is 0.295 e. The molecule has 2 atom stereocenters. The summed E-state index contributed by atoms with van der Waals surface area (Å²) in [6, 6.07) is 34.9. The number of fused-ring (bicyclic) bond motifs is 4. The number of nitrogens with zero attached hydrogens (tertiary/aromatic N) is 6. The number of aromatic nitrogens is 4. The first-order valence-corrected chi connectivity index (χ1v) is 15.9. The Morgan fingerprint density at radius 2 is 1.14 bits per heavy atom. The van der Waals surface area contributed by atoms with E-state index < -0.39 is 28.8 Å². The summed E-state index contributed by atoms with van der Waals surface area (Å²) >= 11 is 0. The summed E-state index contributed by atoms with van der Waals surface area (Å²) in [6.07, 6.45) is 2.73. The topological polar surface area (TPSA) is 161 Å². The number of amides is 2. The van der Waals surface area contributed by atoms with Gasteiger partial charge in [0.25, 0.3) is 5.69 Å². The number of rotatable bonds is 8. The maximum Gasteiger partial charge on any atom is 0.295 e. The van der Waals surface area contributed by atoms with Crippen LogP contribution in [0.1, 0.15) is 17.6 Å². The highest BCUT2D eigenvalue weighted by Crippen LogP contribution is 2.36. The van der Waals surface area contributed by atoms with Crippen LogP contribution in [0, 0.1) is 21.4 Å². The van der Waals surface area contributed by atoms with Gasteiger partial charge in [-0.05, 0) is 64.0 Å². The fourth-order valence-corrected chi connectivity index (χ4v) is 6.63. The Morgan fingerprint density at radius 3 is 1.67 bits per heavy atom. The van der Waals surface area contributed by atoms with Crippen LogP contribution in [-0.2, 0) is 9.59 Å². The molecule has 51 heavy (non-hydrogen) atoms. The van der Waals surface area contributed by atoms with Crippen LogP contribution in [0.2, 0.25) is 0 Å². The van der Waals surface area contributed by atoms with Crippen molar-refractivity contribution in [2.24, 2.45) is 0 Å². The molecule has 6 aromatic carbocycles. The van der Waals surface area contributed by atoms with Crippen LogP contribution >= 0.6 is 0 Å². The van der Waals surface area contributed by atoms with Crippen molar-refractivity contribution in [3.63, 3.8) is 0 Å². The average Bonchev–Trinajstić information content (AvgIpc) is 3.78. The summed E-state index contributed by atoms with van der Waals surface area (Å²) in [5, 5.41) is 32.1. The Kier molecular flexibility index (Phi) is 7.62. The van der Waals surface area contributed by atoms with Gasteiger partial charge in [-0.1, -0.05) is 72.8 Å². The van der Waals surface area contributed by atoms with E-state index in [1.807, 2.05) is 72.8 Å². The fraction of sp³-hybridized carbons (Fsp3) is 0.0513. The Morgan fingerprint density at radius 1 is 0.647 bits per heavy atom. The molecular weight excluding hydrogens is 644 g/mol. The zero-order chi connectivity index (χ0) is 35.1. The first kappa shape index (κ1) is 30.9. The Balaban J connectivity index is 1.34. The molecule has 246 valence electrons. The number of carbonyl (C=O) groups excluding carboxylic acids is 2. The average molecular weight is 671 g/mol. The third-order valence-corrected chi connectivity index (χ3v) is 8.95. The second-order valence-corrected chi connectivity index (χ2v) is 12.0. The van der Waals surface area contributed by atoms with Gasteiger partial charge in [0.05, 0.1) is 39.7 Å². The number of benzene rings is 6. The predicted octanol–water partition coefficient (Wildman–Crippen LogP) is 7.53. The number of nitro benzene ring substituents is 1. The number of nitriles is 1. The maximum atomic E-state index is 14.8. The minimum absolute atomic E-state index is 0.0506. The minimum atomic E-state index is -1.48. The van der Waals surface area contributed by atoms with Crippen LogP contribution in [0.4, 0.5) is 17.1 Å². The van der Waals surface area contributed by atoms with E-state index in [1.165, 1.54) is 33.9 Å². The number of nitrogens with one attached hydrogen (secondary N) is 2. The monoisotopic (exact) mass is 670 g/mol. The number of hydrogen-bond donors (Lipinski definition) is 2. The van der Waals surface area contributed by atoms with Gasteiger partial charge < -0.3 is 19.8 Å². The number of non-ortho nitro benzene ring substituents is 1. The lowest BCUT2D eigenvalue weighted by atomic mass is 10.0. The molecule has 0 saturated carbocycles. The molecule has 0 saturated heterocycles. The molecule has 8 aromatic rings. The van der Waals surface area contributed by atoms with Crippen molar-refractivity contribution in [2.45, 2.75) is 12.1 Å². The van der Waals surface area contributed by atoms with Crippen LogP contribution in [0.5, 0.6) is 0 Å². The lowest BCUT2D eigenvalue weighted by Crippen LogP contribution is -2.39. The Bertz CT molecular complexity index is 2730. The number of imidazole rings is 2. The van der Waals surface area contributed by atoms with E-state index in [0.29, 0.717) is 22.4 Å². The molecule has 12 heteroatoms. The number of para-hydroxylation sites is 2. The van der Waals surface area contributed by atoms with Crippen molar-refractivity contribution in [3.8, 4) is 6.07 Å². The molecule has 2 aromatic heterocycles. The van der Waals surface area contributed by atoms with Crippen LogP contribution < -0.4 is 10.6 Å². The van der Waals surface area contributed by atoms with Gasteiger partial charge >= 0.3 is 0 Å². The Hall–Kier alpha value is -7.39. The predicted molar refractivity (Wildman–Crippen MR) is 194 cm³/mol. The standard InChI is InChI=1S/C39H26N8O4/c40-21-28-11-5-12-31-34(28)45(22-41-31)36(38(48)43-29-17-15-24-7-1-3-9-26(24)19-29)37(46-23-42-32-13-6-14-33(35(32)46)47(50)51)39(49)44-30-18-16-25-8-2-4-10-27(25)20-30/h1-20,22-23,36-37H,(H,43,48)(H,44,49). The van der Waals surface area contributed by atoms with Gasteiger partial charge in [-0.25, -0.2) is 9.97 Å². The molecule has 12 nitrogen and oxygen atoms in total. The van der Waals surface area contributed by atoms with E-state index in [1.54, 1.807) is 36.4 Å². The van der Waals surface area contributed by atoms with Gasteiger partial charge in [0.15, 0.2) is 0 Å². The maximum absolute atomic E-state index is 14.8. The SMILES string of the molecule is N#Cc1cccc2ncn(C(C(=O)Nc3ccc4ccccc4c3)C(C(=O)Nc3ccc4ccccc4c3)n3cnc4cccc([N+](=O)[O-])c43)c12. The van der Waals surface area contributed by atoms with E-state index in [-0.39, 0.29) is 22.3 Å². The van der Waals surface area contributed by atoms with Gasteiger partial charge in [-0.2, -0.15) is 5.26 Å². The van der Waals surface area contributed by atoms with Gasteiger partial charge in [-0.15, -0.1) is 0 Å². The first-order chi connectivity index (χ1) is 24.9. The van der Waals surface area contributed by atoms with Crippen molar-refractivity contribution in [1.29, 1.82) is 5.26 Å². The quantitative estimate of drug-likeness (QED) is 0.125. The molecule has 0 aliphatic carbocycles. The second-order valence-electron chi connectivity index (χ2n) is 12.0. The minimum Gasteiger partial charge on any atom is -0.324 e. The third kappa shape index (κ3) is 5.54. The van der Waals surface area contributed by atoms with E-state index in [4.69, 9.17) is 0 Å². The van der Waals surface area contributed by atoms with E-state index in [2.05, 4.69) is 26.7 Å². The van der Waals surface area contributed by atoms with Gasteiger partial charge in [0.2, 0.25) is 11.8 Å². The van der Waals surface area contributed by atoms with Crippen LogP contribution in [0.3, 0.4) is 0 Å². The number of anilines is 2. The summed E-state index contributed by atoms with van der Waals surface area (Å²) in [7, 11) is 0. The normalized spacial score (nSPS) is 12.5. The summed E-state index contributed by atoms with van der Waals surface area (Å²) in [5.74, 6) is -1.28. The molecule has 2 N–H and O–H groups in total. The van der Waals surface area contributed by atoms with Crippen molar-refractivity contribution >= 4 is 72.5 Å². The molecule has 0 spiro atoms. The Labute approximate surface area is 289 Å². The van der Waals surface area contributed by atoms with Crippen LogP contribution in [0.25, 0.3) is 43.6 Å². The number of hydrogen-bond acceptors (Lipinski definition) is 7. The molecule has 0 fully saturated rings. The molecular formula is C39H26N8O4. The fourth-order valence-electron chi connectivity index (χ4n) is 6.63. The van der Waals surface area contributed by atoms with Gasteiger partial charge in [0, 0.05) is 17.4 Å². The number of nitro groups is 1. The largest absolute Gasteiger partial charge is 0.324 e. The zero-order valence-electron chi connectivity index (χ0n) is 26.7. The highest BCUT2D eigenvalue weighted by molar-refractivity contribution is 6.05. The van der Waals surface area contributed by atoms with Crippen molar-refractivity contribution in [3.05, 3.63) is 150 Å². The van der Waals surface area contributed by atoms with Crippen molar-refractivity contribution in [2.75, 3.05) is 10.6 Å². The van der Waals surface area contributed by atoms with Gasteiger partial charge in [-0.3, -0.25) is 19.7 Å². The zero-order valence-corrected chi connectivity index (χ0v) is 26.7. The first-order valence-electron chi connectivity index (χ1n) is 15.9. The highest BCUT2D eigenvalue weighted by Gasteiger charge is 2.40. The summed E-state index contributed by atoms with van der Waals surface area (Å²) in [5.41, 5.74) is 1.89. The summed E-state index contributed by atoms with van der Waals surface area (Å²) in [4.78, 5) is 50.4. The van der Waals surface area contributed by atoms with E-state index in [0.717, 1.165) is 21.5 Å². The van der Waals surface area contributed by atoms with Crippen LogP contribution in [-0.4, -0.2) is 35.8 Å². The summed E-state index contributed by atoms with van der Waals surface area (Å²) < 4.78 is 2.84. The highest BCUT2D eigenvalue weighted by atomic mass is 16.6. The molecule has 0 aliphatic rings. The van der Waals surface area contributed by atoms with E-state index in [9.17, 15) is 25.0 Å². The van der Waals surface area contributed by atoms with Gasteiger partial charge in [0.1, 0.15) is 23.7 Å². The molecule has 0 aliphatic heterocycles. The third-order valence-electron chi connectivity index (χ3n) is 8.95. The van der Waals surface area contributed by atoms with Crippen LogP contribution in [0.15, 0.2) is 134 Å². The lowest BCUT2D eigenvalue weighted by Gasteiger charge is -2.29. The molecule has 2 unspecified atom stereocenters. The van der Waals surface area contributed by atoms with Crippen molar-refractivity contribution < 1.29 is 14.5 Å². The molecule has 2 heterocycles. The second kappa shape index (κ2) is 12.6. The van der Waals surface area contributed by atoms with E-state index >= 15 is 0 Å². The van der Waals surface area contributed by atoms with Crippen molar-refractivity contribution in [1.82, 2.24) is 19.1 Å². The summed E-state index contributed by atoms with van der Waals surface area (Å²) in [6.45, 7) is 0. The molecule has 0 radical (unpaired) electrons. The lowest BCUT2D eigenvalue weighted by molar-refractivity contribution is -0.383.